The van der Waals surface area contributed by atoms with Crippen molar-refractivity contribution in [1.82, 2.24) is 0 Å². The van der Waals surface area contributed by atoms with Crippen LogP contribution in [0.1, 0.15) is 110 Å². The fraction of sp³-hybridized carbons (Fsp3) is 1.00. The van der Waals surface area contributed by atoms with Crippen molar-refractivity contribution in [3.63, 3.8) is 0 Å². The van der Waals surface area contributed by atoms with Gasteiger partial charge in [0.15, 0.2) is 0 Å². The summed E-state index contributed by atoms with van der Waals surface area (Å²) in [6.45, 7) is 6.63. The lowest BCUT2D eigenvalue weighted by Gasteiger charge is -2.29. The molecule has 1 aliphatic heterocycles. The van der Waals surface area contributed by atoms with E-state index in [2.05, 4.69) is 14.0 Å². The van der Waals surface area contributed by atoms with Crippen molar-refractivity contribution in [3.05, 3.63) is 0 Å². The Balaban J connectivity index is 0.00000484. The number of nitrogens with zero attached hydrogens (tertiary/aromatic N) is 1. The lowest BCUT2D eigenvalue weighted by molar-refractivity contribution is -0.897. The van der Waals surface area contributed by atoms with Crippen molar-refractivity contribution in [2.75, 3.05) is 26.7 Å². The first kappa shape index (κ1) is 23.4. The molecule has 1 saturated heterocycles. The highest BCUT2D eigenvalue weighted by Crippen LogP contribution is 2.18. The second kappa shape index (κ2) is 15.9. The first-order chi connectivity index (χ1) is 10.8. The maximum atomic E-state index is 2.47. The molecule has 1 heterocycles. The number of unbranched alkanes of at least 4 members (excludes halogenated alkanes) is 13. The molecule has 1 rings (SSSR count). The van der Waals surface area contributed by atoms with Crippen LogP contribution in [0.25, 0.3) is 0 Å². The van der Waals surface area contributed by atoms with Crippen LogP contribution < -0.4 is 17.0 Å². The van der Waals surface area contributed by atoms with Crippen LogP contribution in [-0.2, 0) is 0 Å². The number of hydrogen-bond acceptors (Lipinski definition) is 0. The molecule has 1 nitrogen and oxygen atoms in total. The van der Waals surface area contributed by atoms with Gasteiger partial charge in [0.1, 0.15) is 0 Å². The van der Waals surface area contributed by atoms with Crippen molar-refractivity contribution in [2.45, 2.75) is 110 Å². The highest BCUT2D eigenvalue weighted by Gasteiger charge is 2.25. The van der Waals surface area contributed by atoms with Gasteiger partial charge < -0.3 is 21.5 Å². The van der Waals surface area contributed by atoms with Gasteiger partial charge in [-0.1, -0.05) is 84.0 Å². The van der Waals surface area contributed by atoms with Crippen LogP contribution in [-0.4, -0.2) is 31.2 Å². The van der Waals surface area contributed by atoms with Crippen molar-refractivity contribution < 1.29 is 21.5 Å². The van der Waals surface area contributed by atoms with Gasteiger partial charge >= 0.3 is 0 Å². The normalized spacial score (nSPS) is 16.4. The van der Waals surface area contributed by atoms with Gasteiger partial charge in [0.2, 0.25) is 0 Å². The first-order valence-electron chi connectivity index (χ1n) is 10.6. The van der Waals surface area contributed by atoms with Crippen LogP contribution in [0.15, 0.2) is 0 Å². The van der Waals surface area contributed by atoms with E-state index in [1.54, 1.807) is 0 Å². The summed E-state index contributed by atoms with van der Waals surface area (Å²) in [6, 6.07) is 0. The van der Waals surface area contributed by atoms with Crippen LogP contribution in [0.3, 0.4) is 0 Å². The predicted molar refractivity (Wildman–Crippen MR) is 100 cm³/mol. The summed E-state index contributed by atoms with van der Waals surface area (Å²) in [5, 5.41) is 0. The largest absolute Gasteiger partial charge is 1.00 e. The Morgan fingerprint density at radius 1 is 0.565 bits per heavy atom. The molecule has 0 amide bonds. The monoisotopic (exact) mass is 389 g/mol. The van der Waals surface area contributed by atoms with E-state index in [4.69, 9.17) is 0 Å². The summed E-state index contributed by atoms with van der Waals surface area (Å²) >= 11 is 0. The Morgan fingerprint density at radius 2 is 0.913 bits per heavy atom. The van der Waals surface area contributed by atoms with Crippen molar-refractivity contribution in [3.8, 4) is 0 Å². The molecule has 0 aromatic rings. The Bertz CT molecular complexity index is 236. The highest BCUT2D eigenvalue weighted by atomic mass is 79.9. The van der Waals surface area contributed by atoms with Crippen molar-refractivity contribution >= 4 is 0 Å². The highest BCUT2D eigenvalue weighted by molar-refractivity contribution is 4.53. The van der Waals surface area contributed by atoms with E-state index >= 15 is 0 Å². The fourth-order valence-electron chi connectivity index (χ4n) is 4.01. The Hall–Kier alpha value is 0.440. The minimum atomic E-state index is 0. The van der Waals surface area contributed by atoms with E-state index in [9.17, 15) is 0 Å². The number of quaternary nitrogens is 1. The van der Waals surface area contributed by atoms with Crippen LogP contribution in [0.4, 0.5) is 0 Å². The molecule has 140 valence electrons. The second-order valence-electron chi connectivity index (χ2n) is 8.09. The molecule has 0 saturated carbocycles. The summed E-state index contributed by atoms with van der Waals surface area (Å²) in [4.78, 5) is 0. The van der Waals surface area contributed by atoms with Gasteiger partial charge in [-0.15, -0.1) is 0 Å². The molecule has 0 aromatic carbocycles. The molecule has 0 atom stereocenters. The zero-order chi connectivity index (χ0) is 15.9. The molecule has 23 heavy (non-hydrogen) atoms. The lowest BCUT2D eigenvalue weighted by atomic mass is 10.0. The number of likely N-dealkylation sites (tertiary alicyclic amines) is 1. The minimum Gasteiger partial charge on any atom is -1.00 e. The Morgan fingerprint density at radius 3 is 1.30 bits per heavy atom. The van der Waals surface area contributed by atoms with Crippen LogP contribution in [0.5, 0.6) is 0 Å². The average Bonchev–Trinajstić information content (AvgIpc) is 2.94. The molecule has 0 radical (unpaired) electrons. The maximum Gasteiger partial charge on any atom is 0.0786 e. The molecule has 0 N–H and O–H groups in total. The molecular formula is C21H44BrN. The number of rotatable bonds is 15. The fourth-order valence-corrected chi connectivity index (χ4v) is 4.01. The molecule has 0 aromatic heterocycles. The number of hydrogen-bond donors (Lipinski definition) is 0. The van der Waals surface area contributed by atoms with Gasteiger partial charge in [-0.25, -0.2) is 0 Å². The van der Waals surface area contributed by atoms with Crippen LogP contribution >= 0.6 is 0 Å². The lowest BCUT2D eigenvalue weighted by Crippen LogP contribution is -3.00. The predicted octanol–water partition coefficient (Wildman–Crippen LogP) is 3.71. The number of halogens is 1. The second-order valence-corrected chi connectivity index (χ2v) is 8.09. The summed E-state index contributed by atoms with van der Waals surface area (Å²) < 4.78 is 1.37. The molecule has 2 heteroatoms. The molecule has 1 fully saturated rings. The van der Waals surface area contributed by atoms with E-state index in [1.165, 1.54) is 127 Å². The zero-order valence-electron chi connectivity index (χ0n) is 16.3. The average molecular weight is 390 g/mol. The van der Waals surface area contributed by atoms with Gasteiger partial charge in [0.05, 0.1) is 26.7 Å². The Kier molecular flexibility index (Phi) is 16.2. The van der Waals surface area contributed by atoms with Gasteiger partial charge in [0, 0.05) is 12.8 Å². The maximum absolute atomic E-state index is 2.47. The van der Waals surface area contributed by atoms with Gasteiger partial charge in [0.25, 0.3) is 0 Å². The first-order valence-corrected chi connectivity index (χ1v) is 10.6. The van der Waals surface area contributed by atoms with E-state index in [-0.39, 0.29) is 17.0 Å². The van der Waals surface area contributed by atoms with Gasteiger partial charge in [-0.05, 0) is 12.8 Å². The zero-order valence-corrected chi connectivity index (χ0v) is 17.8. The summed E-state index contributed by atoms with van der Waals surface area (Å²) in [5.74, 6) is 0. The van der Waals surface area contributed by atoms with E-state index in [0.717, 1.165) is 0 Å². The summed E-state index contributed by atoms with van der Waals surface area (Å²) in [6.07, 6.45) is 23.5. The van der Waals surface area contributed by atoms with E-state index in [0.29, 0.717) is 0 Å². The van der Waals surface area contributed by atoms with Crippen molar-refractivity contribution in [1.29, 1.82) is 0 Å². The molecular weight excluding hydrogens is 346 g/mol. The molecule has 0 bridgehead atoms. The molecule has 0 unspecified atom stereocenters. The molecule has 1 aliphatic rings. The topological polar surface area (TPSA) is 0 Å². The molecule has 0 spiro atoms. The summed E-state index contributed by atoms with van der Waals surface area (Å²) in [5.41, 5.74) is 0. The van der Waals surface area contributed by atoms with Crippen LogP contribution in [0.2, 0.25) is 0 Å². The smallest absolute Gasteiger partial charge is 0.0786 e. The van der Waals surface area contributed by atoms with Gasteiger partial charge in [-0.2, -0.15) is 0 Å². The van der Waals surface area contributed by atoms with Crippen LogP contribution in [0, 0.1) is 0 Å². The SMILES string of the molecule is CCCCCCCCCCCCCCCC[N+]1(C)CCCC1.[Br-]. The van der Waals surface area contributed by atoms with E-state index in [1.807, 2.05) is 0 Å². The third kappa shape index (κ3) is 13.4. The summed E-state index contributed by atoms with van der Waals surface area (Å²) in [7, 11) is 2.47. The molecule has 0 aliphatic carbocycles. The Labute approximate surface area is 158 Å². The standard InChI is InChI=1S/C21H44N.BrH/c1-3-4-5-6-7-8-9-10-11-12-13-14-15-16-19-22(2)20-17-18-21-22;/h3-21H2,1-2H3;1H/q+1;/p-1. The quantitative estimate of drug-likeness (QED) is 0.295. The third-order valence-electron chi connectivity index (χ3n) is 5.70. The van der Waals surface area contributed by atoms with E-state index < -0.39 is 0 Å². The van der Waals surface area contributed by atoms with Gasteiger partial charge in [-0.3, -0.25) is 0 Å². The van der Waals surface area contributed by atoms with Crippen molar-refractivity contribution in [2.24, 2.45) is 0 Å². The third-order valence-corrected chi connectivity index (χ3v) is 5.70. The minimum absolute atomic E-state index is 0.